The lowest BCUT2D eigenvalue weighted by Gasteiger charge is -2.43. The van der Waals surface area contributed by atoms with Gasteiger partial charge in [-0.05, 0) is 34.9 Å². The van der Waals surface area contributed by atoms with Crippen LogP contribution in [-0.4, -0.2) is 54.9 Å². The summed E-state index contributed by atoms with van der Waals surface area (Å²) in [5.41, 5.74) is 0.610. The first-order valence-electron chi connectivity index (χ1n) is 15.7. The van der Waals surface area contributed by atoms with E-state index in [1.807, 2.05) is 37.4 Å². The molecule has 5 atom stereocenters. The maximum Gasteiger partial charge on any atom is 0.330 e. The number of nitrogens with one attached hydrogen (secondary N) is 1. The fourth-order valence-electron chi connectivity index (χ4n) is 6.49. The molecule has 0 bridgehead atoms. The van der Waals surface area contributed by atoms with E-state index in [-0.39, 0.29) is 17.7 Å². The zero-order chi connectivity index (χ0) is 32.5. The molecule has 0 amide bonds. The van der Waals surface area contributed by atoms with Crippen LogP contribution in [0, 0.1) is 6.92 Å². The molecular weight excluding hydrogens is 617 g/mol. The topological polar surface area (TPSA) is 95.0 Å². The molecule has 0 aliphatic carbocycles. The predicted molar refractivity (Wildman–Crippen MR) is 183 cm³/mol. The van der Waals surface area contributed by atoms with Crippen LogP contribution in [0.2, 0.25) is 5.04 Å². The molecule has 4 aromatic rings. The Morgan fingerprint density at radius 3 is 2.11 bits per heavy atom. The lowest BCUT2D eigenvalue weighted by molar-refractivity contribution is -0.0396. The molecule has 11 heteroatoms. The highest BCUT2D eigenvalue weighted by Crippen LogP contribution is 2.55. The van der Waals surface area contributed by atoms with Gasteiger partial charge < -0.3 is 18.2 Å². The third-order valence-electron chi connectivity index (χ3n) is 8.84. The van der Waals surface area contributed by atoms with Gasteiger partial charge in [0.1, 0.15) is 18.4 Å². The highest BCUT2D eigenvalue weighted by atomic mass is 31.2. The molecule has 0 radical (unpaired) electrons. The van der Waals surface area contributed by atoms with Crippen molar-refractivity contribution in [2.24, 2.45) is 0 Å². The highest BCUT2D eigenvalue weighted by Gasteiger charge is 2.52. The van der Waals surface area contributed by atoms with Gasteiger partial charge in [0.2, 0.25) is 0 Å². The van der Waals surface area contributed by atoms with Gasteiger partial charge in [0.05, 0.1) is 12.7 Å². The molecule has 2 aliphatic heterocycles. The van der Waals surface area contributed by atoms with E-state index in [4.69, 9.17) is 18.2 Å². The summed E-state index contributed by atoms with van der Waals surface area (Å²) in [5.74, 6) is 0. The van der Waals surface area contributed by atoms with Crippen molar-refractivity contribution < 1.29 is 18.2 Å². The number of likely N-dealkylation sites (N-methyl/N-ethyl adjacent to an activating group) is 1. The molecule has 2 fully saturated rings. The number of hydrogen-bond acceptors (Lipinski definition) is 7. The number of aryl methyl sites for hydroxylation is 1. The Bertz CT molecular complexity index is 1690. The van der Waals surface area contributed by atoms with E-state index < -0.39 is 46.5 Å². The van der Waals surface area contributed by atoms with Crippen LogP contribution in [0.3, 0.4) is 0 Å². The molecule has 6 rings (SSSR count). The van der Waals surface area contributed by atoms with Crippen LogP contribution in [0.1, 0.15) is 50.7 Å². The van der Waals surface area contributed by atoms with Gasteiger partial charge in [-0.1, -0.05) is 112 Å². The van der Waals surface area contributed by atoms with Gasteiger partial charge in [-0.3, -0.25) is 14.3 Å². The molecular formula is C35H42N3O6PSi. The average molecular weight is 660 g/mol. The van der Waals surface area contributed by atoms with Crippen LogP contribution < -0.4 is 21.6 Å². The first-order valence-corrected chi connectivity index (χ1v) is 18.7. The summed E-state index contributed by atoms with van der Waals surface area (Å²) >= 11 is 0. The maximum atomic E-state index is 12.9. The minimum atomic E-state index is -2.88. The van der Waals surface area contributed by atoms with Crippen molar-refractivity contribution >= 4 is 27.2 Å². The summed E-state index contributed by atoms with van der Waals surface area (Å²) < 4.78 is 30.7. The van der Waals surface area contributed by atoms with Crippen LogP contribution in [0.15, 0.2) is 107 Å². The Hall–Kier alpha value is -3.21. The Labute approximate surface area is 272 Å². The predicted octanol–water partition coefficient (Wildman–Crippen LogP) is 5.02. The van der Waals surface area contributed by atoms with Gasteiger partial charge in [-0.2, -0.15) is 0 Å². The number of H-pyrrole nitrogens is 1. The number of nitrogens with zero attached hydrogens (tertiary/aromatic N) is 2. The maximum absolute atomic E-state index is 12.9. The number of ether oxygens (including phenoxy) is 1. The molecule has 242 valence electrons. The smallest absolute Gasteiger partial charge is 0.330 e. The summed E-state index contributed by atoms with van der Waals surface area (Å²) in [5, 5.41) is 2.11. The second kappa shape index (κ2) is 13.5. The van der Waals surface area contributed by atoms with E-state index in [0.717, 1.165) is 5.56 Å². The van der Waals surface area contributed by atoms with E-state index in [9.17, 15) is 9.59 Å². The van der Waals surface area contributed by atoms with Gasteiger partial charge in [0, 0.05) is 24.7 Å². The minimum absolute atomic E-state index is 0.105. The van der Waals surface area contributed by atoms with Gasteiger partial charge >= 0.3 is 5.69 Å². The van der Waals surface area contributed by atoms with Crippen molar-refractivity contribution in [1.29, 1.82) is 0 Å². The Balaban J connectivity index is 1.32. The van der Waals surface area contributed by atoms with Crippen LogP contribution in [-0.2, 0) is 18.2 Å². The summed E-state index contributed by atoms with van der Waals surface area (Å²) in [4.78, 5) is 27.5. The number of aromatic amines is 1. The average Bonchev–Trinajstić information content (AvgIpc) is 3.63. The van der Waals surface area contributed by atoms with Gasteiger partial charge in [-0.15, -0.1) is 0 Å². The molecule has 1 aromatic heterocycles. The Morgan fingerprint density at radius 1 is 0.935 bits per heavy atom. The summed E-state index contributed by atoms with van der Waals surface area (Å²) in [6, 6.07) is 31.1. The number of hydrogen-bond donors (Lipinski definition) is 1. The molecule has 9 nitrogen and oxygen atoms in total. The van der Waals surface area contributed by atoms with E-state index in [1.54, 1.807) is 13.1 Å². The molecule has 0 saturated carbocycles. The second-order valence-corrected chi connectivity index (χ2v) is 18.9. The molecule has 3 aromatic carbocycles. The number of aromatic nitrogens is 2. The standard InChI is InChI=1S/C35H42N3O6PSi/c1-25-22-38(34(40)36-33(25)39)32-21-29(43-45-37(5)23-30(44-45)26-15-9-6-10-16-26)31(42-32)24-41-46(35(2,3)4,27-17-11-7-12-18-27)28-19-13-8-14-20-28/h6-20,22,29-32H,21,23-24H2,1-5H3,(H,36,39,40)/t29-,30+,31+,32+,45-/m0/s1. The SMILES string of the molecule is Cc1cn([C@H]2C[C@H](O[P@@]3O[C@@H](c4ccccc4)CN3C)[C@@H](CO[Si](c3ccccc3)(c3ccccc3)C(C)(C)C)O2)c(=O)[nH]c1=O. The summed E-state index contributed by atoms with van der Waals surface area (Å²) in [6.45, 7) is 9.35. The molecule has 2 aliphatic rings. The fraction of sp³-hybridized carbons (Fsp3) is 0.371. The lowest BCUT2D eigenvalue weighted by Crippen LogP contribution is -2.67. The van der Waals surface area contributed by atoms with Crippen LogP contribution in [0.5, 0.6) is 0 Å². The van der Waals surface area contributed by atoms with E-state index in [2.05, 4.69) is 91.1 Å². The Kier molecular flexibility index (Phi) is 9.59. The zero-order valence-electron chi connectivity index (χ0n) is 27.0. The third-order valence-corrected chi connectivity index (χ3v) is 15.5. The summed E-state index contributed by atoms with van der Waals surface area (Å²) in [6.07, 6.45) is 0.280. The largest absolute Gasteiger partial charge is 0.405 e. The summed E-state index contributed by atoms with van der Waals surface area (Å²) in [7, 11) is -2.27. The van der Waals surface area contributed by atoms with Crippen molar-refractivity contribution in [1.82, 2.24) is 14.2 Å². The molecule has 46 heavy (non-hydrogen) atoms. The monoisotopic (exact) mass is 659 g/mol. The lowest BCUT2D eigenvalue weighted by atomic mass is 10.1. The molecule has 0 spiro atoms. The fourth-order valence-corrected chi connectivity index (χ4v) is 12.6. The van der Waals surface area contributed by atoms with Crippen LogP contribution in [0.4, 0.5) is 0 Å². The van der Waals surface area contributed by atoms with Gasteiger partial charge in [0.25, 0.3) is 22.4 Å². The quantitative estimate of drug-likeness (QED) is 0.199. The van der Waals surface area contributed by atoms with Crippen molar-refractivity contribution in [3.8, 4) is 0 Å². The highest BCUT2D eigenvalue weighted by molar-refractivity contribution is 7.44. The minimum Gasteiger partial charge on any atom is -0.405 e. The van der Waals surface area contributed by atoms with E-state index >= 15 is 0 Å². The number of rotatable bonds is 9. The van der Waals surface area contributed by atoms with Crippen molar-refractivity contribution in [2.45, 2.75) is 63.7 Å². The van der Waals surface area contributed by atoms with Gasteiger partial charge in [0.15, 0.2) is 0 Å². The number of benzene rings is 3. The van der Waals surface area contributed by atoms with E-state index in [1.165, 1.54) is 14.9 Å². The molecule has 2 saturated heterocycles. The van der Waals surface area contributed by atoms with Crippen LogP contribution >= 0.6 is 8.53 Å². The third kappa shape index (κ3) is 6.48. The van der Waals surface area contributed by atoms with E-state index in [0.29, 0.717) is 18.5 Å². The molecule has 0 unspecified atom stereocenters. The van der Waals surface area contributed by atoms with Crippen molar-refractivity contribution in [3.05, 3.63) is 129 Å². The van der Waals surface area contributed by atoms with Crippen LogP contribution in [0.25, 0.3) is 0 Å². The molecule has 1 N–H and O–H groups in total. The first kappa shape index (κ1) is 32.7. The second-order valence-electron chi connectivity index (χ2n) is 13.0. The van der Waals surface area contributed by atoms with Crippen molar-refractivity contribution in [2.75, 3.05) is 20.2 Å². The van der Waals surface area contributed by atoms with Gasteiger partial charge in [-0.25, -0.2) is 9.46 Å². The first-order chi connectivity index (χ1) is 22.1. The molecule has 3 heterocycles. The Morgan fingerprint density at radius 2 is 1.52 bits per heavy atom. The van der Waals surface area contributed by atoms with Crippen molar-refractivity contribution in [3.63, 3.8) is 0 Å². The zero-order valence-corrected chi connectivity index (χ0v) is 28.9. The normalized spacial score (nSPS) is 24.0.